The fraction of sp³-hybridized carbons (Fsp3) is 0.364. The normalized spacial score (nSPS) is 18.4. The molecule has 20 heavy (non-hydrogen) atoms. The van der Waals surface area contributed by atoms with Crippen LogP contribution in [0.4, 0.5) is 5.69 Å². The summed E-state index contributed by atoms with van der Waals surface area (Å²) < 4.78 is 21.9. The van der Waals surface area contributed by atoms with Gasteiger partial charge in [0.1, 0.15) is 0 Å². The van der Waals surface area contributed by atoms with Gasteiger partial charge < -0.3 is 5.32 Å². The van der Waals surface area contributed by atoms with Gasteiger partial charge in [0.25, 0.3) is 0 Å². The number of nitrogens with two attached hydrogens (primary N) is 1. The largest absolute Gasteiger partial charge is 0.325 e. The van der Waals surface area contributed by atoms with Crippen LogP contribution >= 0.6 is 24.2 Å². The lowest BCUT2D eigenvalue weighted by atomic mass is 10.2. The molecule has 1 fully saturated rings. The molecule has 1 unspecified atom stereocenters. The van der Waals surface area contributed by atoms with Gasteiger partial charge in [-0.25, -0.2) is 13.6 Å². The fourth-order valence-corrected chi connectivity index (χ4v) is 3.31. The molecule has 0 saturated carbocycles. The topological polar surface area (TPSA) is 101 Å². The van der Waals surface area contributed by atoms with Gasteiger partial charge in [-0.2, -0.15) is 0 Å². The van der Waals surface area contributed by atoms with Gasteiger partial charge in [-0.1, -0.05) is 12.1 Å². The Balaban J connectivity index is 0.00000200. The second kappa shape index (κ2) is 7.28. The molecule has 112 valence electrons. The molecule has 1 aromatic rings. The zero-order valence-electron chi connectivity index (χ0n) is 10.5. The first kappa shape index (κ1) is 17.3. The van der Waals surface area contributed by atoms with E-state index in [0.717, 1.165) is 11.6 Å². The maximum Gasteiger partial charge on any atom is 0.242 e. The Morgan fingerprint density at radius 2 is 2.05 bits per heavy atom. The van der Waals surface area contributed by atoms with Gasteiger partial charge in [-0.05, 0) is 17.7 Å². The third kappa shape index (κ3) is 5.29. The Bertz CT molecular complexity index is 557. The Hall–Kier alpha value is -0.800. The molecule has 0 aliphatic carbocycles. The smallest absolute Gasteiger partial charge is 0.242 e. The first-order valence-corrected chi connectivity index (χ1v) is 8.52. The quantitative estimate of drug-likeness (QED) is 0.742. The van der Waals surface area contributed by atoms with Crippen LogP contribution in [0.1, 0.15) is 5.56 Å². The number of nitrogens with one attached hydrogen (secondary N) is 2. The summed E-state index contributed by atoms with van der Waals surface area (Å²) in [5, 5.41) is 10.8. The standard InChI is InChI=1S/C11H15N3O3S2.ClH/c12-19(16,17)6-8-1-3-9(4-2-8)14-11(15)10-5-18-7-13-10;/h1-4,10,13H,5-7H2,(H,14,15)(H2,12,16,17);1H. The van der Waals surface area contributed by atoms with Crippen molar-refractivity contribution in [2.45, 2.75) is 11.8 Å². The van der Waals surface area contributed by atoms with E-state index in [1.807, 2.05) is 0 Å². The lowest BCUT2D eigenvalue weighted by Crippen LogP contribution is -2.37. The van der Waals surface area contributed by atoms with Gasteiger partial charge in [0.15, 0.2) is 0 Å². The summed E-state index contributed by atoms with van der Waals surface area (Å²) >= 11 is 1.68. The molecule has 1 saturated heterocycles. The third-order valence-corrected chi connectivity index (χ3v) is 4.30. The minimum Gasteiger partial charge on any atom is -0.325 e. The number of hydrogen-bond acceptors (Lipinski definition) is 5. The van der Waals surface area contributed by atoms with E-state index in [1.54, 1.807) is 36.0 Å². The summed E-state index contributed by atoms with van der Waals surface area (Å²) in [5.41, 5.74) is 1.23. The van der Waals surface area contributed by atoms with Crippen LogP contribution in [0.15, 0.2) is 24.3 Å². The highest BCUT2D eigenvalue weighted by Gasteiger charge is 2.22. The Morgan fingerprint density at radius 1 is 1.40 bits per heavy atom. The van der Waals surface area contributed by atoms with Gasteiger partial charge in [0.05, 0.1) is 11.8 Å². The number of rotatable bonds is 4. The van der Waals surface area contributed by atoms with Gasteiger partial charge in [-0.3, -0.25) is 10.1 Å². The first-order chi connectivity index (χ1) is 8.94. The molecule has 1 aliphatic heterocycles. The maximum absolute atomic E-state index is 11.8. The second-order valence-corrected chi connectivity index (χ2v) is 6.91. The molecular weight excluding hydrogens is 322 g/mol. The Labute approximate surface area is 128 Å². The van der Waals surface area contributed by atoms with E-state index in [4.69, 9.17) is 5.14 Å². The van der Waals surface area contributed by atoms with E-state index < -0.39 is 10.0 Å². The molecule has 2 rings (SSSR count). The molecule has 1 aromatic carbocycles. The van der Waals surface area contributed by atoms with Gasteiger partial charge in [0, 0.05) is 17.3 Å². The Kier molecular flexibility index (Phi) is 6.28. The SMILES string of the molecule is Cl.NS(=O)(=O)Cc1ccc(NC(=O)C2CSCN2)cc1. The summed E-state index contributed by atoms with van der Waals surface area (Å²) in [6.07, 6.45) is 0. The number of thioether (sulfide) groups is 1. The summed E-state index contributed by atoms with van der Waals surface area (Å²) in [5.74, 6) is 1.26. The van der Waals surface area contributed by atoms with Crippen molar-refractivity contribution in [3.05, 3.63) is 29.8 Å². The minimum atomic E-state index is -3.53. The van der Waals surface area contributed by atoms with Crippen LogP contribution in [-0.4, -0.2) is 32.0 Å². The highest BCUT2D eigenvalue weighted by atomic mass is 35.5. The number of carbonyl (C=O) groups is 1. The van der Waals surface area contributed by atoms with Crippen LogP contribution in [0.5, 0.6) is 0 Å². The molecule has 1 heterocycles. The molecule has 1 amide bonds. The van der Waals surface area contributed by atoms with Crippen molar-refractivity contribution in [2.75, 3.05) is 16.9 Å². The van der Waals surface area contributed by atoms with Gasteiger partial charge in [-0.15, -0.1) is 24.2 Å². The number of primary sulfonamides is 1. The molecule has 0 radical (unpaired) electrons. The summed E-state index contributed by atoms with van der Waals surface area (Å²) in [6.45, 7) is 0. The van der Waals surface area contributed by atoms with E-state index in [2.05, 4.69) is 10.6 Å². The molecule has 4 N–H and O–H groups in total. The number of halogens is 1. The van der Waals surface area contributed by atoms with Crippen LogP contribution in [0.25, 0.3) is 0 Å². The van der Waals surface area contributed by atoms with Crippen LogP contribution in [0.3, 0.4) is 0 Å². The molecule has 0 spiro atoms. The van der Waals surface area contributed by atoms with Crippen molar-refractivity contribution in [3.8, 4) is 0 Å². The Morgan fingerprint density at radius 3 is 2.55 bits per heavy atom. The molecule has 6 nitrogen and oxygen atoms in total. The molecule has 1 atom stereocenters. The maximum atomic E-state index is 11.8. The highest BCUT2D eigenvalue weighted by molar-refractivity contribution is 7.99. The van der Waals surface area contributed by atoms with Gasteiger partial charge in [0.2, 0.25) is 15.9 Å². The van der Waals surface area contributed by atoms with E-state index >= 15 is 0 Å². The highest BCUT2D eigenvalue weighted by Crippen LogP contribution is 2.14. The summed E-state index contributed by atoms with van der Waals surface area (Å²) in [4.78, 5) is 11.8. The van der Waals surface area contributed by atoms with E-state index in [9.17, 15) is 13.2 Å². The van der Waals surface area contributed by atoms with Crippen molar-refractivity contribution in [3.63, 3.8) is 0 Å². The van der Waals surface area contributed by atoms with E-state index in [0.29, 0.717) is 11.3 Å². The van der Waals surface area contributed by atoms with Crippen LogP contribution in [0.2, 0.25) is 0 Å². The molecule has 0 bridgehead atoms. The lowest BCUT2D eigenvalue weighted by molar-refractivity contribution is -0.117. The molecular formula is C11H16ClN3O3S2. The van der Waals surface area contributed by atoms with Crippen molar-refractivity contribution < 1.29 is 13.2 Å². The number of hydrogen-bond donors (Lipinski definition) is 3. The second-order valence-electron chi connectivity index (χ2n) is 4.27. The number of sulfonamides is 1. The van der Waals surface area contributed by atoms with E-state index in [-0.39, 0.29) is 30.1 Å². The number of carbonyl (C=O) groups excluding carboxylic acids is 1. The van der Waals surface area contributed by atoms with Crippen LogP contribution in [0, 0.1) is 0 Å². The minimum absolute atomic E-state index is 0. The summed E-state index contributed by atoms with van der Waals surface area (Å²) in [7, 11) is -3.53. The monoisotopic (exact) mass is 337 g/mol. The number of anilines is 1. The van der Waals surface area contributed by atoms with Crippen molar-refractivity contribution >= 4 is 45.8 Å². The number of benzene rings is 1. The van der Waals surface area contributed by atoms with Crippen molar-refractivity contribution in [1.29, 1.82) is 0 Å². The first-order valence-electron chi connectivity index (χ1n) is 5.65. The number of amides is 1. The lowest BCUT2D eigenvalue weighted by Gasteiger charge is -2.10. The average molecular weight is 338 g/mol. The fourth-order valence-electron chi connectivity index (χ4n) is 1.71. The molecule has 0 aromatic heterocycles. The third-order valence-electron chi connectivity index (χ3n) is 2.62. The molecule has 9 heteroatoms. The van der Waals surface area contributed by atoms with Gasteiger partial charge >= 0.3 is 0 Å². The predicted molar refractivity (Wildman–Crippen MR) is 83.4 cm³/mol. The average Bonchev–Trinajstić information content (AvgIpc) is 2.83. The predicted octanol–water partition coefficient (Wildman–Crippen LogP) is 0.498. The van der Waals surface area contributed by atoms with Crippen LogP contribution in [-0.2, 0) is 20.6 Å². The summed E-state index contributed by atoms with van der Waals surface area (Å²) in [6, 6.07) is 6.43. The van der Waals surface area contributed by atoms with E-state index in [1.165, 1.54) is 0 Å². The zero-order chi connectivity index (χ0) is 13.9. The zero-order valence-corrected chi connectivity index (χ0v) is 13.0. The molecule has 1 aliphatic rings. The van der Waals surface area contributed by atoms with Crippen molar-refractivity contribution in [1.82, 2.24) is 5.32 Å². The van der Waals surface area contributed by atoms with Crippen LogP contribution < -0.4 is 15.8 Å². The van der Waals surface area contributed by atoms with Crippen molar-refractivity contribution in [2.24, 2.45) is 5.14 Å².